The number of urea groups is 1. The maximum absolute atomic E-state index is 12.2. The second-order valence-corrected chi connectivity index (χ2v) is 7.30. The van der Waals surface area contributed by atoms with Crippen molar-refractivity contribution in [1.29, 1.82) is 0 Å². The third kappa shape index (κ3) is 8.69. The van der Waals surface area contributed by atoms with Gasteiger partial charge in [-0.3, -0.25) is 19.2 Å². The largest absolute Gasteiger partial charge is 0.463 e. The van der Waals surface area contributed by atoms with E-state index in [2.05, 4.69) is 33.2 Å². The summed E-state index contributed by atoms with van der Waals surface area (Å²) in [7, 11) is 0. The molecule has 1 rings (SSSR count). The van der Waals surface area contributed by atoms with Crippen molar-refractivity contribution in [3.8, 4) is 0 Å². The van der Waals surface area contributed by atoms with Crippen LogP contribution in [0.3, 0.4) is 0 Å². The Hall–Kier alpha value is -2.16. The lowest BCUT2D eigenvalue weighted by molar-refractivity contribution is -0.270. The Kier molecular flexibility index (Phi) is 10.8. The van der Waals surface area contributed by atoms with Crippen LogP contribution in [0, 0.1) is 0 Å². The molecule has 0 saturated carbocycles. The predicted molar refractivity (Wildman–Crippen MR) is 107 cm³/mol. The topological polar surface area (TPSA) is 156 Å². The predicted octanol–water partition coefficient (Wildman–Crippen LogP) is -0.196. The van der Waals surface area contributed by atoms with Crippen molar-refractivity contribution in [2.75, 3.05) is 17.6 Å². The number of halogens is 1. The molecule has 30 heavy (non-hydrogen) atoms. The number of nitrogens with one attached hydrogen (secondary N) is 2. The highest BCUT2D eigenvalue weighted by Crippen LogP contribution is 2.28. The number of hydrogen-bond acceptors (Lipinski definition) is 10. The van der Waals surface area contributed by atoms with Crippen LogP contribution >= 0.6 is 22.6 Å². The van der Waals surface area contributed by atoms with Crippen LogP contribution in [-0.2, 0) is 42.9 Å². The van der Waals surface area contributed by atoms with E-state index in [0.29, 0.717) is 11.0 Å². The first-order valence-corrected chi connectivity index (χ1v) is 10.5. The van der Waals surface area contributed by atoms with Crippen molar-refractivity contribution < 1.29 is 47.7 Å². The fourth-order valence-corrected chi connectivity index (χ4v) is 2.95. The van der Waals surface area contributed by atoms with Crippen molar-refractivity contribution >= 4 is 52.5 Å². The van der Waals surface area contributed by atoms with Crippen LogP contribution < -0.4 is 10.6 Å². The Balaban J connectivity index is 3.28. The van der Waals surface area contributed by atoms with Crippen molar-refractivity contribution in [2.45, 2.75) is 58.3 Å². The van der Waals surface area contributed by atoms with E-state index in [1.54, 1.807) is 0 Å². The maximum atomic E-state index is 12.2. The minimum atomic E-state index is -1.41. The molecule has 0 aliphatic carbocycles. The molecule has 1 saturated heterocycles. The van der Waals surface area contributed by atoms with Crippen LogP contribution in [0.2, 0.25) is 0 Å². The minimum absolute atomic E-state index is 0.346. The van der Waals surface area contributed by atoms with Gasteiger partial charge in [-0.05, 0) is 0 Å². The average Bonchev–Trinajstić information content (AvgIpc) is 2.62. The molecule has 0 bridgehead atoms. The van der Waals surface area contributed by atoms with Crippen molar-refractivity contribution in [3.63, 3.8) is 0 Å². The van der Waals surface area contributed by atoms with Gasteiger partial charge in [-0.25, -0.2) is 4.79 Å². The Morgan fingerprint density at radius 3 is 1.93 bits per heavy atom. The smallest absolute Gasteiger partial charge is 0.315 e. The number of alkyl halides is 1. The number of amides is 2. The summed E-state index contributed by atoms with van der Waals surface area (Å²) in [5.74, 6) is -2.84. The van der Waals surface area contributed by atoms with Crippen LogP contribution in [0.15, 0.2) is 0 Å². The number of ether oxygens (including phenoxy) is 5. The fourth-order valence-electron chi connectivity index (χ4n) is 2.68. The quantitative estimate of drug-likeness (QED) is 0.182. The summed E-state index contributed by atoms with van der Waals surface area (Å²) in [4.78, 5) is 58.4. The van der Waals surface area contributed by atoms with E-state index in [9.17, 15) is 24.0 Å². The number of rotatable bonds is 8. The van der Waals surface area contributed by atoms with Crippen LogP contribution in [0.1, 0.15) is 27.7 Å². The number of carbonyl (C=O) groups excluding carboxylic acids is 5. The Bertz CT molecular complexity index is 658. The summed E-state index contributed by atoms with van der Waals surface area (Å²) in [6.45, 7) is 4.50. The van der Waals surface area contributed by atoms with Gasteiger partial charge in [-0.15, -0.1) is 0 Å². The van der Waals surface area contributed by atoms with Crippen LogP contribution in [0.25, 0.3) is 0 Å². The molecule has 13 heteroatoms. The Morgan fingerprint density at radius 2 is 1.43 bits per heavy atom. The molecular formula is C17H25IN2O10. The third-order valence-corrected chi connectivity index (χ3v) is 4.20. The molecular weight excluding hydrogens is 519 g/mol. The van der Waals surface area contributed by atoms with Crippen molar-refractivity contribution in [3.05, 3.63) is 0 Å². The fraction of sp³-hybridized carbons (Fsp3) is 0.706. The lowest BCUT2D eigenvalue weighted by atomic mass is 9.96. The van der Waals surface area contributed by atoms with Gasteiger partial charge >= 0.3 is 29.9 Å². The van der Waals surface area contributed by atoms with E-state index in [4.69, 9.17) is 23.7 Å². The Labute approximate surface area is 186 Å². The standard InChI is InChI=1S/C17H25IN2O10/c1-8(21)26-7-12-14(27-9(2)22)15(28-10(3)23)13(16(30-12)29-11(4)24)20-17(25)19-6-5-18/h12-16H,5-7H2,1-4H3,(H2,19,20,25). The first kappa shape index (κ1) is 25.9. The average molecular weight is 544 g/mol. The molecule has 12 nitrogen and oxygen atoms in total. The summed E-state index contributed by atoms with van der Waals surface area (Å²) >= 11 is 2.06. The highest BCUT2D eigenvalue weighted by molar-refractivity contribution is 14.1. The molecule has 0 aromatic rings. The van der Waals surface area contributed by atoms with Gasteiger partial charge in [0, 0.05) is 38.7 Å². The SMILES string of the molecule is CC(=O)OCC1OC(OC(C)=O)C(NC(=O)NCCI)C(OC(C)=O)C1OC(C)=O. The van der Waals surface area contributed by atoms with E-state index in [1.807, 2.05) is 0 Å². The van der Waals surface area contributed by atoms with Crippen LogP contribution in [0.5, 0.6) is 0 Å². The van der Waals surface area contributed by atoms with Gasteiger partial charge in [0.05, 0.1) is 0 Å². The lowest BCUT2D eigenvalue weighted by Crippen LogP contribution is -2.67. The monoisotopic (exact) mass is 544 g/mol. The van der Waals surface area contributed by atoms with E-state index in [1.165, 1.54) is 6.92 Å². The molecule has 170 valence electrons. The second-order valence-electron chi connectivity index (χ2n) is 6.22. The normalized spacial score (nSPS) is 25.4. The molecule has 5 unspecified atom stereocenters. The number of hydrogen-bond donors (Lipinski definition) is 2. The number of esters is 4. The van der Waals surface area contributed by atoms with Crippen molar-refractivity contribution in [1.82, 2.24) is 10.6 Å². The molecule has 0 aromatic carbocycles. The highest BCUT2D eigenvalue weighted by atomic mass is 127. The molecule has 2 amide bonds. The summed E-state index contributed by atoms with van der Waals surface area (Å²) in [6.07, 6.45) is -5.10. The lowest BCUT2D eigenvalue weighted by Gasteiger charge is -2.44. The second kappa shape index (κ2) is 12.5. The van der Waals surface area contributed by atoms with E-state index < -0.39 is 60.6 Å². The van der Waals surface area contributed by atoms with E-state index in [-0.39, 0.29) is 6.61 Å². The van der Waals surface area contributed by atoms with Gasteiger partial charge in [0.25, 0.3) is 0 Å². The van der Waals surface area contributed by atoms with Gasteiger partial charge in [0.1, 0.15) is 18.8 Å². The van der Waals surface area contributed by atoms with Gasteiger partial charge in [0.2, 0.25) is 6.29 Å². The van der Waals surface area contributed by atoms with E-state index in [0.717, 1.165) is 20.8 Å². The molecule has 0 radical (unpaired) electrons. The molecule has 2 N–H and O–H groups in total. The molecule has 1 aliphatic rings. The molecule has 1 fully saturated rings. The molecule has 5 atom stereocenters. The maximum Gasteiger partial charge on any atom is 0.315 e. The van der Waals surface area contributed by atoms with Gasteiger partial charge < -0.3 is 34.3 Å². The summed E-state index contributed by atoms with van der Waals surface area (Å²) in [6, 6.07) is -1.86. The summed E-state index contributed by atoms with van der Waals surface area (Å²) in [5, 5.41) is 5.08. The van der Waals surface area contributed by atoms with Crippen LogP contribution in [-0.4, -0.2) is 78.1 Å². The zero-order valence-corrected chi connectivity index (χ0v) is 19.1. The highest BCUT2D eigenvalue weighted by Gasteiger charge is 2.52. The molecule has 1 heterocycles. The first-order chi connectivity index (χ1) is 14.0. The molecule has 1 aliphatic heterocycles. The first-order valence-electron chi connectivity index (χ1n) is 8.96. The third-order valence-electron chi connectivity index (χ3n) is 3.66. The summed E-state index contributed by atoms with van der Waals surface area (Å²) < 4.78 is 26.9. The zero-order valence-electron chi connectivity index (χ0n) is 17.0. The van der Waals surface area contributed by atoms with Gasteiger partial charge in [0.15, 0.2) is 12.2 Å². The van der Waals surface area contributed by atoms with Gasteiger partial charge in [-0.1, -0.05) is 22.6 Å². The summed E-state index contributed by atoms with van der Waals surface area (Å²) in [5.41, 5.74) is 0. The van der Waals surface area contributed by atoms with E-state index >= 15 is 0 Å². The van der Waals surface area contributed by atoms with Gasteiger partial charge in [-0.2, -0.15) is 0 Å². The minimum Gasteiger partial charge on any atom is -0.463 e. The molecule has 0 spiro atoms. The molecule has 0 aromatic heterocycles. The Morgan fingerprint density at radius 1 is 0.867 bits per heavy atom. The van der Waals surface area contributed by atoms with Crippen molar-refractivity contribution in [2.24, 2.45) is 0 Å². The van der Waals surface area contributed by atoms with Crippen LogP contribution in [0.4, 0.5) is 4.79 Å². The number of carbonyl (C=O) groups is 5. The zero-order chi connectivity index (χ0) is 22.8.